The van der Waals surface area contributed by atoms with Gasteiger partial charge in [0, 0.05) is 24.1 Å². The Bertz CT molecular complexity index is 375. The fraction of sp³-hybridized carbons (Fsp3) is 0.500. The average Bonchev–Trinajstić information content (AvgIpc) is 2.36. The topological polar surface area (TPSA) is 58.9 Å². The summed E-state index contributed by atoms with van der Waals surface area (Å²) in [6.07, 6.45) is -1.92. The molecule has 18 heavy (non-hydrogen) atoms. The molecule has 0 saturated carbocycles. The lowest BCUT2D eigenvalue weighted by molar-refractivity contribution is 0.0150. The second-order valence-electron chi connectivity index (χ2n) is 3.72. The first-order valence-corrected chi connectivity index (χ1v) is 6.55. The maximum atomic E-state index is 13.7. The molecule has 0 heterocycles. The van der Waals surface area contributed by atoms with Gasteiger partial charge in [0.15, 0.2) is 6.79 Å². The highest BCUT2D eigenvalue weighted by molar-refractivity contribution is 9.09. The molecule has 0 spiro atoms. The van der Waals surface area contributed by atoms with Gasteiger partial charge >= 0.3 is 0 Å². The molecule has 0 fully saturated rings. The molecular weight excluding hydrogens is 307 g/mol. The Hall–Kier alpha value is -0.690. The minimum absolute atomic E-state index is 0.0214. The highest BCUT2D eigenvalue weighted by Gasteiger charge is 2.21. The van der Waals surface area contributed by atoms with Crippen LogP contribution in [0.5, 0.6) is 5.75 Å². The summed E-state index contributed by atoms with van der Waals surface area (Å²) in [5.41, 5.74) is 0.0493. The van der Waals surface area contributed by atoms with Crippen molar-refractivity contribution in [1.82, 2.24) is 0 Å². The molecule has 0 amide bonds. The number of ether oxygens (including phenoxy) is 2. The summed E-state index contributed by atoms with van der Waals surface area (Å²) >= 11 is 3.15. The Morgan fingerprint density at radius 2 is 2.11 bits per heavy atom. The van der Waals surface area contributed by atoms with Crippen LogP contribution in [0.25, 0.3) is 0 Å². The van der Waals surface area contributed by atoms with Crippen LogP contribution in [-0.4, -0.2) is 35.5 Å². The third-order valence-corrected chi connectivity index (χ3v) is 2.86. The summed E-state index contributed by atoms with van der Waals surface area (Å²) in [5.74, 6) is -0.315. The first-order valence-electron chi connectivity index (χ1n) is 5.43. The second kappa shape index (κ2) is 7.68. The van der Waals surface area contributed by atoms with Crippen molar-refractivity contribution >= 4 is 15.9 Å². The van der Waals surface area contributed by atoms with Crippen molar-refractivity contribution in [1.29, 1.82) is 0 Å². The molecule has 1 aromatic rings. The molecule has 102 valence electrons. The SMILES string of the molecule is COCOc1ccc(C(O)C(O)CCBr)c(F)c1. The monoisotopic (exact) mass is 322 g/mol. The Kier molecular flexibility index (Phi) is 6.56. The zero-order valence-corrected chi connectivity index (χ0v) is 11.6. The number of aliphatic hydroxyl groups excluding tert-OH is 2. The van der Waals surface area contributed by atoms with Gasteiger partial charge < -0.3 is 19.7 Å². The molecule has 0 aliphatic carbocycles. The number of benzene rings is 1. The van der Waals surface area contributed by atoms with Gasteiger partial charge in [0.1, 0.15) is 17.7 Å². The molecule has 0 radical (unpaired) electrons. The van der Waals surface area contributed by atoms with E-state index in [4.69, 9.17) is 9.47 Å². The van der Waals surface area contributed by atoms with Crippen molar-refractivity contribution in [3.63, 3.8) is 0 Å². The molecule has 0 aliphatic heterocycles. The van der Waals surface area contributed by atoms with Gasteiger partial charge in [-0.05, 0) is 18.6 Å². The molecule has 4 nitrogen and oxygen atoms in total. The lowest BCUT2D eigenvalue weighted by Crippen LogP contribution is -2.19. The van der Waals surface area contributed by atoms with Crippen LogP contribution in [0.15, 0.2) is 18.2 Å². The van der Waals surface area contributed by atoms with E-state index in [2.05, 4.69) is 15.9 Å². The van der Waals surface area contributed by atoms with Gasteiger partial charge in [-0.15, -0.1) is 0 Å². The number of rotatable bonds is 7. The first-order chi connectivity index (χ1) is 8.60. The van der Waals surface area contributed by atoms with E-state index in [0.717, 1.165) is 6.07 Å². The van der Waals surface area contributed by atoms with E-state index in [1.807, 2.05) is 0 Å². The summed E-state index contributed by atoms with van der Waals surface area (Å²) in [6, 6.07) is 4.06. The Labute approximate surface area is 113 Å². The zero-order valence-electron chi connectivity index (χ0n) is 9.97. The third-order valence-electron chi connectivity index (χ3n) is 2.40. The van der Waals surface area contributed by atoms with Crippen LogP contribution in [-0.2, 0) is 4.74 Å². The second-order valence-corrected chi connectivity index (χ2v) is 4.52. The lowest BCUT2D eigenvalue weighted by atomic mass is 10.0. The minimum atomic E-state index is -1.25. The quantitative estimate of drug-likeness (QED) is 0.595. The molecule has 1 rings (SSSR count). The minimum Gasteiger partial charge on any atom is -0.467 e. The average molecular weight is 323 g/mol. The zero-order chi connectivity index (χ0) is 13.5. The summed E-state index contributed by atoms with van der Waals surface area (Å²) in [6.45, 7) is 0.0214. The number of methoxy groups -OCH3 is 1. The van der Waals surface area contributed by atoms with Crippen LogP contribution < -0.4 is 4.74 Å². The van der Waals surface area contributed by atoms with Crippen LogP contribution in [0.2, 0.25) is 0 Å². The van der Waals surface area contributed by atoms with E-state index in [9.17, 15) is 14.6 Å². The Balaban J connectivity index is 2.78. The normalized spacial score (nSPS) is 14.3. The molecular formula is C12H16BrFO4. The highest BCUT2D eigenvalue weighted by Crippen LogP contribution is 2.25. The molecule has 6 heteroatoms. The number of halogens is 2. The summed E-state index contributed by atoms with van der Waals surface area (Å²) in [5, 5.41) is 19.9. The highest BCUT2D eigenvalue weighted by atomic mass is 79.9. The first kappa shape index (κ1) is 15.4. The molecule has 0 aliphatic rings. The van der Waals surface area contributed by atoms with Gasteiger partial charge in [0.25, 0.3) is 0 Å². The molecule has 2 N–H and O–H groups in total. The van der Waals surface area contributed by atoms with E-state index in [1.165, 1.54) is 19.2 Å². The van der Waals surface area contributed by atoms with Crippen LogP contribution in [0, 0.1) is 5.82 Å². The Morgan fingerprint density at radius 1 is 1.39 bits per heavy atom. The van der Waals surface area contributed by atoms with Gasteiger partial charge in [0.2, 0.25) is 0 Å². The van der Waals surface area contributed by atoms with E-state index in [-0.39, 0.29) is 12.4 Å². The van der Waals surface area contributed by atoms with Crippen molar-refractivity contribution in [2.24, 2.45) is 0 Å². The van der Waals surface area contributed by atoms with Gasteiger partial charge in [-0.25, -0.2) is 4.39 Å². The molecule has 2 atom stereocenters. The fourth-order valence-electron chi connectivity index (χ4n) is 1.44. The van der Waals surface area contributed by atoms with Crippen LogP contribution in [0.4, 0.5) is 4.39 Å². The van der Waals surface area contributed by atoms with Crippen LogP contribution >= 0.6 is 15.9 Å². The smallest absolute Gasteiger partial charge is 0.188 e. The third kappa shape index (κ3) is 4.20. The van der Waals surface area contributed by atoms with Gasteiger partial charge in [-0.2, -0.15) is 0 Å². The predicted octanol–water partition coefficient (Wildman–Crippen LogP) is 1.99. The summed E-state index contributed by atoms with van der Waals surface area (Å²) < 4.78 is 23.5. The van der Waals surface area contributed by atoms with Crippen LogP contribution in [0.3, 0.4) is 0 Å². The van der Waals surface area contributed by atoms with Crippen molar-refractivity contribution in [2.45, 2.75) is 18.6 Å². The summed E-state index contributed by atoms with van der Waals surface area (Å²) in [4.78, 5) is 0. The van der Waals surface area contributed by atoms with Crippen LogP contribution in [0.1, 0.15) is 18.1 Å². The van der Waals surface area contributed by atoms with E-state index < -0.39 is 18.0 Å². The fourth-order valence-corrected chi connectivity index (χ4v) is 1.91. The van der Waals surface area contributed by atoms with Crippen molar-refractivity contribution in [3.8, 4) is 5.75 Å². The molecule has 2 unspecified atom stereocenters. The van der Waals surface area contributed by atoms with Crippen molar-refractivity contribution < 1.29 is 24.1 Å². The van der Waals surface area contributed by atoms with Gasteiger partial charge in [-0.3, -0.25) is 0 Å². The van der Waals surface area contributed by atoms with E-state index in [1.54, 1.807) is 0 Å². The summed E-state index contributed by atoms with van der Waals surface area (Å²) in [7, 11) is 1.46. The standard InChI is InChI=1S/C12H16BrFO4/c1-17-7-18-8-2-3-9(10(14)6-8)12(16)11(15)4-5-13/h2-3,6,11-12,15-16H,4-5,7H2,1H3. The number of alkyl halides is 1. The van der Waals surface area contributed by atoms with Gasteiger partial charge in [0.05, 0.1) is 6.10 Å². The Morgan fingerprint density at radius 3 is 2.67 bits per heavy atom. The van der Waals surface area contributed by atoms with E-state index >= 15 is 0 Å². The molecule has 1 aromatic carbocycles. The number of hydrogen-bond donors (Lipinski definition) is 2. The van der Waals surface area contributed by atoms with Crippen molar-refractivity contribution in [2.75, 3.05) is 19.2 Å². The largest absolute Gasteiger partial charge is 0.467 e. The predicted molar refractivity (Wildman–Crippen MR) is 68.3 cm³/mol. The van der Waals surface area contributed by atoms with Crippen molar-refractivity contribution in [3.05, 3.63) is 29.6 Å². The lowest BCUT2D eigenvalue weighted by Gasteiger charge is -2.18. The van der Waals surface area contributed by atoms with Gasteiger partial charge in [-0.1, -0.05) is 15.9 Å². The number of aliphatic hydroxyl groups is 2. The molecule has 0 saturated heterocycles. The maximum absolute atomic E-state index is 13.7. The molecule has 0 bridgehead atoms. The number of hydrogen-bond acceptors (Lipinski definition) is 4. The van der Waals surface area contributed by atoms with E-state index in [0.29, 0.717) is 17.5 Å². The molecule has 0 aromatic heterocycles. The maximum Gasteiger partial charge on any atom is 0.188 e.